The van der Waals surface area contributed by atoms with Crippen LogP contribution in [0.3, 0.4) is 0 Å². The number of ether oxygens (including phenoxy) is 1. The van der Waals surface area contributed by atoms with E-state index in [2.05, 4.69) is 15.2 Å². The molecule has 0 bridgehead atoms. The van der Waals surface area contributed by atoms with Gasteiger partial charge in [-0.3, -0.25) is 9.89 Å². The predicted octanol–water partition coefficient (Wildman–Crippen LogP) is 1.65. The van der Waals surface area contributed by atoms with Gasteiger partial charge in [0.2, 0.25) is 5.22 Å². The normalized spacial score (nSPS) is 22.4. The maximum absolute atomic E-state index is 12.6. The van der Waals surface area contributed by atoms with Crippen LogP contribution in [0.1, 0.15) is 28.6 Å². The summed E-state index contributed by atoms with van der Waals surface area (Å²) in [6, 6.07) is 1.35. The second-order valence-corrected chi connectivity index (χ2v) is 4.89. The molecule has 2 atom stereocenters. The zero-order chi connectivity index (χ0) is 14.1. The van der Waals surface area contributed by atoms with Crippen molar-refractivity contribution < 1.29 is 13.9 Å². The van der Waals surface area contributed by atoms with Crippen molar-refractivity contribution in [3.05, 3.63) is 35.3 Å². The second-order valence-electron chi connectivity index (χ2n) is 4.55. The van der Waals surface area contributed by atoms with Gasteiger partial charge >= 0.3 is 0 Å². The molecule has 0 aromatic carbocycles. The first-order chi connectivity index (χ1) is 9.70. The summed E-state index contributed by atoms with van der Waals surface area (Å²) in [6.45, 7) is 0.474. The lowest BCUT2D eigenvalue weighted by Crippen LogP contribution is -2.32. The summed E-state index contributed by atoms with van der Waals surface area (Å²) in [5, 5.41) is 6.72. The molecule has 0 spiro atoms. The quantitative estimate of drug-likeness (QED) is 0.931. The van der Waals surface area contributed by atoms with Crippen LogP contribution in [-0.4, -0.2) is 45.7 Å². The molecule has 1 amide bonds. The highest BCUT2D eigenvalue weighted by molar-refractivity contribution is 6.32. The molecule has 20 heavy (non-hydrogen) atoms. The molecule has 1 aliphatic heterocycles. The van der Waals surface area contributed by atoms with E-state index in [-0.39, 0.29) is 23.3 Å². The third-order valence-electron chi connectivity index (χ3n) is 3.45. The van der Waals surface area contributed by atoms with Crippen molar-refractivity contribution in [2.24, 2.45) is 0 Å². The van der Waals surface area contributed by atoms with E-state index in [4.69, 9.17) is 20.8 Å². The van der Waals surface area contributed by atoms with Crippen LogP contribution in [0.5, 0.6) is 0 Å². The van der Waals surface area contributed by atoms with Crippen LogP contribution in [-0.2, 0) is 4.74 Å². The van der Waals surface area contributed by atoms with Crippen LogP contribution < -0.4 is 0 Å². The number of carbonyl (C=O) groups is 1. The number of amides is 1. The van der Waals surface area contributed by atoms with Gasteiger partial charge in [-0.15, -0.1) is 0 Å². The first-order valence-corrected chi connectivity index (χ1v) is 6.50. The topological polar surface area (TPSA) is 84.3 Å². The molecule has 8 heteroatoms. The van der Waals surface area contributed by atoms with Gasteiger partial charge in [0.05, 0.1) is 24.0 Å². The number of hydrogen-bond donors (Lipinski definition) is 1. The van der Waals surface area contributed by atoms with Crippen LogP contribution in [0.15, 0.2) is 23.1 Å². The van der Waals surface area contributed by atoms with Gasteiger partial charge in [0, 0.05) is 20.1 Å². The zero-order valence-electron chi connectivity index (χ0n) is 10.7. The average molecular weight is 297 g/mol. The van der Waals surface area contributed by atoms with Crippen molar-refractivity contribution in [2.75, 3.05) is 13.7 Å². The van der Waals surface area contributed by atoms with Gasteiger partial charge in [-0.05, 0) is 17.7 Å². The van der Waals surface area contributed by atoms with Crippen molar-refractivity contribution in [1.29, 1.82) is 0 Å². The Bertz CT molecular complexity index is 598. The number of halogens is 1. The number of hydrogen-bond acceptors (Lipinski definition) is 5. The maximum Gasteiger partial charge on any atom is 0.259 e. The van der Waals surface area contributed by atoms with Crippen molar-refractivity contribution >= 4 is 17.5 Å². The summed E-state index contributed by atoms with van der Waals surface area (Å²) in [5.41, 5.74) is 0.341. The highest BCUT2D eigenvalue weighted by Gasteiger charge is 2.39. The van der Waals surface area contributed by atoms with E-state index in [0.717, 1.165) is 0 Å². The molecule has 0 unspecified atom stereocenters. The molecule has 0 saturated carbocycles. The smallest absolute Gasteiger partial charge is 0.259 e. The molecule has 1 N–H and O–H groups in total. The van der Waals surface area contributed by atoms with Crippen molar-refractivity contribution in [3.8, 4) is 0 Å². The number of methoxy groups -OCH3 is 1. The van der Waals surface area contributed by atoms with Crippen LogP contribution in [0.25, 0.3) is 0 Å². The average Bonchev–Trinajstić information content (AvgIpc) is 3.17. The van der Waals surface area contributed by atoms with Gasteiger partial charge in [-0.2, -0.15) is 5.10 Å². The van der Waals surface area contributed by atoms with E-state index in [1.807, 2.05) is 0 Å². The van der Waals surface area contributed by atoms with Gasteiger partial charge in [0.1, 0.15) is 12.2 Å². The van der Waals surface area contributed by atoms with E-state index in [0.29, 0.717) is 24.4 Å². The van der Waals surface area contributed by atoms with Crippen molar-refractivity contribution in [1.82, 2.24) is 20.1 Å². The number of carbonyl (C=O) groups excluding carboxylic acids is 1. The molecule has 0 radical (unpaired) electrons. The van der Waals surface area contributed by atoms with E-state index in [1.165, 1.54) is 12.6 Å². The van der Waals surface area contributed by atoms with Gasteiger partial charge in [-0.1, -0.05) is 0 Å². The molecule has 3 heterocycles. The fourth-order valence-electron chi connectivity index (χ4n) is 2.43. The van der Waals surface area contributed by atoms with Crippen molar-refractivity contribution in [3.63, 3.8) is 0 Å². The van der Waals surface area contributed by atoms with Crippen molar-refractivity contribution in [2.45, 2.75) is 18.6 Å². The molecule has 7 nitrogen and oxygen atoms in total. The molecular weight excluding hydrogens is 284 g/mol. The number of aromatic nitrogens is 3. The van der Waals surface area contributed by atoms with E-state index < -0.39 is 0 Å². The second kappa shape index (κ2) is 5.26. The molecule has 2 aromatic rings. The monoisotopic (exact) mass is 296 g/mol. The Kier molecular flexibility index (Phi) is 3.45. The van der Waals surface area contributed by atoms with E-state index in [9.17, 15) is 4.79 Å². The summed E-state index contributed by atoms with van der Waals surface area (Å²) >= 11 is 5.87. The Labute approximate surface area is 119 Å². The molecule has 1 saturated heterocycles. The summed E-state index contributed by atoms with van der Waals surface area (Å²) < 4.78 is 10.3. The Balaban J connectivity index is 1.90. The summed E-state index contributed by atoms with van der Waals surface area (Å²) in [5.74, 6) is 0.433. The largest absolute Gasteiger partial charge is 0.452 e. The molecule has 3 rings (SSSR count). The number of furan rings is 1. The summed E-state index contributed by atoms with van der Waals surface area (Å²) in [4.78, 5) is 18.4. The van der Waals surface area contributed by atoms with Gasteiger partial charge in [0.15, 0.2) is 0 Å². The Morgan fingerprint density at radius 2 is 2.50 bits per heavy atom. The highest BCUT2D eigenvalue weighted by Crippen LogP contribution is 2.33. The van der Waals surface area contributed by atoms with Gasteiger partial charge < -0.3 is 14.1 Å². The highest BCUT2D eigenvalue weighted by atomic mass is 35.5. The first kappa shape index (κ1) is 13.1. The number of nitrogens with zero attached hydrogens (tertiary/aromatic N) is 3. The predicted molar refractivity (Wildman–Crippen MR) is 69.3 cm³/mol. The fraction of sp³-hybridized carbons (Fsp3) is 0.417. The minimum absolute atomic E-state index is 0.0419. The molecule has 0 aliphatic carbocycles. The number of H-pyrrole nitrogens is 1. The number of rotatable bonds is 3. The van der Waals surface area contributed by atoms with Crippen LogP contribution in [0.2, 0.25) is 5.22 Å². The fourth-order valence-corrected chi connectivity index (χ4v) is 2.62. The summed E-state index contributed by atoms with van der Waals surface area (Å²) in [7, 11) is 1.63. The molecule has 1 fully saturated rings. The number of nitrogens with one attached hydrogen (secondary N) is 1. The third-order valence-corrected chi connectivity index (χ3v) is 3.75. The lowest BCUT2D eigenvalue weighted by atomic mass is 10.2. The van der Waals surface area contributed by atoms with Crippen LogP contribution in [0, 0.1) is 0 Å². The zero-order valence-corrected chi connectivity index (χ0v) is 11.5. The number of aromatic amines is 1. The SMILES string of the molecule is CO[C@@H]1C[C@@H](c2ncn[nH]2)N(C(=O)c2ccoc2Cl)C1. The molecule has 106 valence electrons. The minimum Gasteiger partial charge on any atom is -0.452 e. The Morgan fingerprint density at radius 1 is 1.65 bits per heavy atom. The van der Waals surface area contributed by atoms with E-state index in [1.54, 1.807) is 18.1 Å². The minimum atomic E-state index is -0.207. The molecule has 1 aliphatic rings. The maximum atomic E-state index is 12.6. The lowest BCUT2D eigenvalue weighted by molar-refractivity contribution is 0.0684. The Morgan fingerprint density at radius 3 is 3.10 bits per heavy atom. The number of likely N-dealkylation sites (tertiary alicyclic amines) is 1. The Hall–Kier alpha value is -1.86. The lowest BCUT2D eigenvalue weighted by Gasteiger charge is -2.22. The standard InChI is InChI=1S/C12H13ClN4O3/c1-19-7-4-9(11-14-6-15-16-11)17(5-7)12(18)8-2-3-20-10(8)13/h2-3,6-7,9H,4-5H2,1H3,(H,14,15,16)/t7-,9+/m1/s1. The van der Waals surface area contributed by atoms with Crippen LogP contribution in [0.4, 0.5) is 0 Å². The first-order valence-electron chi connectivity index (χ1n) is 6.12. The van der Waals surface area contributed by atoms with Gasteiger partial charge in [-0.25, -0.2) is 4.98 Å². The summed E-state index contributed by atoms with van der Waals surface area (Å²) in [6.07, 6.45) is 3.43. The van der Waals surface area contributed by atoms with E-state index >= 15 is 0 Å². The van der Waals surface area contributed by atoms with Crippen LogP contribution >= 0.6 is 11.6 Å². The van der Waals surface area contributed by atoms with Gasteiger partial charge in [0.25, 0.3) is 5.91 Å². The third kappa shape index (κ3) is 2.19. The molecule has 2 aromatic heterocycles. The molecular formula is C12H13ClN4O3.